The van der Waals surface area contributed by atoms with Crippen molar-refractivity contribution in [1.82, 2.24) is 0 Å². The molecule has 19 heteroatoms. The van der Waals surface area contributed by atoms with Gasteiger partial charge in [0.05, 0.1) is 26.4 Å². The largest absolute Gasteiger partial charge is 0.472 e. The number of carbonyl (C=O) groups excluding carboxylic acids is 4. The maximum Gasteiger partial charge on any atom is 0.472 e. The molecule has 0 aromatic heterocycles. The predicted octanol–water partition coefficient (Wildman–Crippen LogP) is 21.4. The van der Waals surface area contributed by atoms with E-state index in [0.717, 1.165) is 120 Å². The second kappa shape index (κ2) is 64.7. The van der Waals surface area contributed by atoms with Crippen molar-refractivity contribution in [2.45, 2.75) is 394 Å². The predicted molar refractivity (Wildman–Crippen MR) is 377 cm³/mol. The lowest BCUT2D eigenvalue weighted by atomic mass is 9.99. The number of hydrogen-bond acceptors (Lipinski definition) is 15. The van der Waals surface area contributed by atoms with Crippen LogP contribution >= 0.6 is 15.6 Å². The molecule has 0 heterocycles. The minimum absolute atomic E-state index is 0.106. The SMILES string of the molecule is CCCCCCCCCC(=O)OC[C@H](COP(=O)(O)OC[C@H](O)COP(=O)(O)OC[C@@H](COC(=O)CCCCCCCCCCCCC(C)CC)OC(=O)CCCCCCCCCCCCCCCCC(C)CC)OC(=O)CCCCCCCCCCCCC(C)CC. The second-order valence-corrected chi connectivity index (χ2v) is 30.3. The van der Waals surface area contributed by atoms with Crippen molar-refractivity contribution in [3.05, 3.63) is 0 Å². The van der Waals surface area contributed by atoms with Gasteiger partial charge in [0.2, 0.25) is 0 Å². The molecule has 5 unspecified atom stereocenters. The Morgan fingerprint density at radius 2 is 0.516 bits per heavy atom. The summed E-state index contributed by atoms with van der Waals surface area (Å²) < 4.78 is 68.4. The molecule has 93 heavy (non-hydrogen) atoms. The summed E-state index contributed by atoms with van der Waals surface area (Å²) in [5, 5.41) is 10.6. The number of aliphatic hydroxyl groups excluding tert-OH is 1. The Morgan fingerprint density at radius 3 is 0.763 bits per heavy atom. The van der Waals surface area contributed by atoms with Crippen LogP contribution in [0.25, 0.3) is 0 Å². The van der Waals surface area contributed by atoms with Gasteiger partial charge < -0.3 is 33.8 Å². The van der Waals surface area contributed by atoms with Crippen LogP contribution < -0.4 is 0 Å². The van der Waals surface area contributed by atoms with Crippen molar-refractivity contribution in [3.63, 3.8) is 0 Å². The fraction of sp³-hybridized carbons (Fsp3) is 0.946. The summed E-state index contributed by atoms with van der Waals surface area (Å²) in [6.07, 6.45) is 49.8. The lowest BCUT2D eigenvalue weighted by Crippen LogP contribution is -2.30. The van der Waals surface area contributed by atoms with E-state index in [2.05, 4.69) is 48.5 Å². The third kappa shape index (κ3) is 64.5. The Balaban J connectivity index is 5.21. The molecule has 552 valence electrons. The van der Waals surface area contributed by atoms with E-state index in [4.69, 9.17) is 37.0 Å². The molecule has 0 amide bonds. The average molecular weight is 1370 g/mol. The number of rotatable bonds is 72. The quantitative estimate of drug-likeness (QED) is 0.0222. The van der Waals surface area contributed by atoms with Crippen molar-refractivity contribution < 1.29 is 80.2 Å². The molecule has 0 aliphatic carbocycles. The van der Waals surface area contributed by atoms with E-state index in [1.165, 1.54) is 173 Å². The zero-order valence-corrected chi connectivity index (χ0v) is 62.5. The minimum Gasteiger partial charge on any atom is -0.462 e. The van der Waals surface area contributed by atoms with Gasteiger partial charge in [-0.3, -0.25) is 37.3 Å². The van der Waals surface area contributed by atoms with Gasteiger partial charge in [0.25, 0.3) is 0 Å². The third-order valence-electron chi connectivity index (χ3n) is 18.2. The first kappa shape index (κ1) is 91.1. The summed E-state index contributed by atoms with van der Waals surface area (Å²) in [6.45, 7) is 11.9. The average Bonchev–Trinajstić information content (AvgIpc) is 1.60. The Kier molecular flexibility index (Phi) is 63.4. The number of aliphatic hydroxyl groups is 1. The van der Waals surface area contributed by atoms with Crippen molar-refractivity contribution in [1.29, 1.82) is 0 Å². The Labute approximate surface area is 568 Å². The van der Waals surface area contributed by atoms with Crippen LogP contribution in [0.4, 0.5) is 0 Å². The van der Waals surface area contributed by atoms with Gasteiger partial charge in [-0.15, -0.1) is 0 Å². The first-order valence-electron chi connectivity index (χ1n) is 38.5. The highest BCUT2D eigenvalue weighted by atomic mass is 31.2. The zero-order valence-electron chi connectivity index (χ0n) is 60.7. The van der Waals surface area contributed by atoms with Crippen molar-refractivity contribution in [3.8, 4) is 0 Å². The van der Waals surface area contributed by atoms with Gasteiger partial charge in [0.1, 0.15) is 19.3 Å². The minimum atomic E-state index is -4.96. The molecular formula is C74H144O17P2. The molecule has 8 atom stereocenters. The molecule has 0 bridgehead atoms. The molecule has 0 saturated heterocycles. The smallest absolute Gasteiger partial charge is 0.462 e. The molecule has 0 rings (SSSR count). The fourth-order valence-corrected chi connectivity index (χ4v) is 12.7. The van der Waals surface area contributed by atoms with Gasteiger partial charge in [0, 0.05) is 25.7 Å². The molecule has 0 spiro atoms. The Hall–Kier alpha value is -1.94. The molecular weight excluding hydrogens is 1220 g/mol. The number of phosphoric acid groups is 2. The van der Waals surface area contributed by atoms with E-state index in [0.29, 0.717) is 25.7 Å². The maximum absolute atomic E-state index is 13.1. The van der Waals surface area contributed by atoms with Crippen LogP contribution in [0.2, 0.25) is 0 Å². The number of ether oxygens (including phenoxy) is 4. The van der Waals surface area contributed by atoms with Gasteiger partial charge in [-0.05, 0) is 43.4 Å². The highest BCUT2D eigenvalue weighted by molar-refractivity contribution is 7.47. The van der Waals surface area contributed by atoms with Crippen molar-refractivity contribution >= 4 is 39.5 Å². The lowest BCUT2D eigenvalue weighted by Gasteiger charge is -2.21. The zero-order chi connectivity index (χ0) is 68.7. The van der Waals surface area contributed by atoms with Crippen LogP contribution in [0.15, 0.2) is 0 Å². The third-order valence-corrected chi connectivity index (χ3v) is 20.1. The number of esters is 4. The van der Waals surface area contributed by atoms with Crippen LogP contribution in [0.5, 0.6) is 0 Å². The molecule has 0 saturated carbocycles. The van der Waals surface area contributed by atoms with Gasteiger partial charge in [-0.2, -0.15) is 0 Å². The van der Waals surface area contributed by atoms with E-state index in [1.54, 1.807) is 0 Å². The number of unbranched alkanes of at least 4 members (excludes halogenated alkanes) is 37. The van der Waals surface area contributed by atoms with E-state index < -0.39 is 97.5 Å². The van der Waals surface area contributed by atoms with Gasteiger partial charge in [-0.25, -0.2) is 9.13 Å². The molecule has 17 nitrogen and oxygen atoms in total. The van der Waals surface area contributed by atoms with Crippen LogP contribution in [0.3, 0.4) is 0 Å². The molecule has 3 N–H and O–H groups in total. The van der Waals surface area contributed by atoms with Crippen LogP contribution in [-0.2, 0) is 65.4 Å². The summed E-state index contributed by atoms with van der Waals surface area (Å²) >= 11 is 0. The van der Waals surface area contributed by atoms with Gasteiger partial charge in [0.15, 0.2) is 12.2 Å². The summed E-state index contributed by atoms with van der Waals surface area (Å²) in [6, 6.07) is 0. The van der Waals surface area contributed by atoms with E-state index >= 15 is 0 Å². The number of phosphoric ester groups is 2. The first-order valence-corrected chi connectivity index (χ1v) is 41.5. The normalized spacial score (nSPS) is 15.0. The summed E-state index contributed by atoms with van der Waals surface area (Å²) in [5.74, 6) is 0.334. The Bertz CT molecular complexity index is 1820. The lowest BCUT2D eigenvalue weighted by molar-refractivity contribution is -0.161. The van der Waals surface area contributed by atoms with E-state index in [-0.39, 0.29) is 25.7 Å². The fourth-order valence-electron chi connectivity index (χ4n) is 11.2. The van der Waals surface area contributed by atoms with E-state index in [9.17, 15) is 43.2 Å². The molecule has 0 radical (unpaired) electrons. The van der Waals surface area contributed by atoms with Crippen molar-refractivity contribution in [2.75, 3.05) is 39.6 Å². The monoisotopic (exact) mass is 1370 g/mol. The standard InChI is InChI=1S/C74H144O17P2/c1-8-12-13-14-31-41-48-55-71(76)84-61-69(90-74(79)58-51-44-37-30-24-22-27-34-40-47-54-67(7)11-4)63-88-92(80,81)86-59-68(75)60-87-93(82,83)89-64-70(62-85-72(77)56-49-42-35-28-23-21-26-33-39-46-53-66(6)10-3)91-73(78)57-50-43-36-29-20-18-16-15-17-19-25-32-38-45-52-65(5)9-2/h65-70,75H,8-64H2,1-7H3,(H,80,81)(H,82,83)/t65?,66?,67?,68-,69+,70+/m0/s1. The highest BCUT2D eigenvalue weighted by Crippen LogP contribution is 2.45. The maximum atomic E-state index is 13.1. The summed E-state index contributed by atoms with van der Waals surface area (Å²) in [4.78, 5) is 72.6. The van der Waals surface area contributed by atoms with Crippen LogP contribution in [-0.4, -0.2) is 96.7 Å². The van der Waals surface area contributed by atoms with E-state index in [1.807, 2.05) is 0 Å². The molecule has 0 aromatic rings. The number of hydrogen-bond donors (Lipinski definition) is 3. The highest BCUT2D eigenvalue weighted by Gasteiger charge is 2.30. The number of carbonyl (C=O) groups is 4. The van der Waals surface area contributed by atoms with Crippen molar-refractivity contribution in [2.24, 2.45) is 17.8 Å². The van der Waals surface area contributed by atoms with Crippen LogP contribution in [0.1, 0.15) is 376 Å². The van der Waals surface area contributed by atoms with Gasteiger partial charge in [-0.1, -0.05) is 325 Å². The van der Waals surface area contributed by atoms with Gasteiger partial charge >= 0.3 is 39.5 Å². The second-order valence-electron chi connectivity index (χ2n) is 27.4. The van der Waals surface area contributed by atoms with Crippen LogP contribution in [0, 0.1) is 17.8 Å². The topological polar surface area (TPSA) is 237 Å². The molecule has 0 fully saturated rings. The molecule has 0 aromatic carbocycles. The Morgan fingerprint density at radius 1 is 0.301 bits per heavy atom. The first-order chi connectivity index (χ1) is 44.8. The summed E-state index contributed by atoms with van der Waals surface area (Å²) in [7, 11) is -9.90. The molecule has 0 aliphatic rings. The molecule has 0 aliphatic heterocycles. The summed E-state index contributed by atoms with van der Waals surface area (Å²) in [5.41, 5.74) is 0.